The number of carboxylic acid groups (broad SMARTS) is 2. The molecule has 19 heteroatoms. The molecule has 5 rings (SSSR count). The summed E-state index contributed by atoms with van der Waals surface area (Å²) >= 11 is 0. The van der Waals surface area contributed by atoms with Gasteiger partial charge in [-0.2, -0.15) is 0 Å². The van der Waals surface area contributed by atoms with Crippen LogP contribution in [0.1, 0.15) is 42.5 Å². The summed E-state index contributed by atoms with van der Waals surface area (Å²) in [5, 5.41) is 41.5. The Balaban J connectivity index is 0.000000272. The van der Waals surface area contributed by atoms with E-state index in [1.165, 1.54) is 56.3 Å². The number of phenols is 2. The first-order valence-corrected chi connectivity index (χ1v) is 21.0. The highest BCUT2D eigenvalue weighted by molar-refractivity contribution is 7.92. The fourth-order valence-corrected chi connectivity index (χ4v) is 8.19. The summed E-state index contributed by atoms with van der Waals surface area (Å²) in [5.74, 6) is -4.97. The Labute approximate surface area is 350 Å². The summed E-state index contributed by atoms with van der Waals surface area (Å²) in [6, 6.07) is 18.1. The standard InChI is InChI=1S/C23H20FNO7S.C19H21NO7S/c1-13-9-16(25-21(27)12-22(28)29)10-14(2)23(13)32-17-5-8-19(26)20(11-17)33(30,31)18-6-3-15(24)4-7-18;1-10(2)28(25,26)16-9-14(5-6-15(16)21)27-17-11(3)7-13(8-12(17)4)20-18(22)19(23)24/h3-11,26H,12H2,1-2H3,(H,25,27)(H,28,29);5-10,21H,1-4H3,(H,20,22)(H,23,24). The second-order valence-corrected chi connectivity index (χ2v) is 18.2. The molecular weight excluding hydrogens is 840 g/mol. The van der Waals surface area contributed by atoms with Crippen LogP contribution in [0.25, 0.3) is 0 Å². The molecule has 0 aliphatic carbocycles. The molecule has 5 aromatic carbocycles. The van der Waals surface area contributed by atoms with Crippen molar-refractivity contribution < 1.29 is 70.3 Å². The van der Waals surface area contributed by atoms with Crippen LogP contribution in [-0.4, -0.2) is 66.3 Å². The zero-order chi connectivity index (χ0) is 45.6. The molecule has 0 unspecified atom stereocenters. The number of anilines is 2. The minimum atomic E-state index is -4.14. The van der Waals surface area contributed by atoms with Crippen LogP contribution in [0.3, 0.4) is 0 Å². The van der Waals surface area contributed by atoms with Crippen LogP contribution in [0.2, 0.25) is 0 Å². The normalized spacial score (nSPS) is 11.2. The average Bonchev–Trinajstić information content (AvgIpc) is 3.15. The minimum Gasteiger partial charge on any atom is -0.507 e. The van der Waals surface area contributed by atoms with Gasteiger partial charge < -0.3 is 40.5 Å². The van der Waals surface area contributed by atoms with Gasteiger partial charge in [-0.15, -0.1) is 0 Å². The minimum absolute atomic E-state index is 0.127. The van der Waals surface area contributed by atoms with Crippen molar-refractivity contribution in [1.82, 2.24) is 0 Å². The van der Waals surface area contributed by atoms with Crippen molar-refractivity contribution in [3.05, 3.63) is 113 Å². The number of nitrogens with one attached hydrogen (secondary N) is 2. The predicted molar refractivity (Wildman–Crippen MR) is 220 cm³/mol. The second-order valence-electron chi connectivity index (χ2n) is 13.8. The van der Waals surface area contributed by atoms with E-state index in [1.807, 2.05) is 0 Å². The van der Waals surface area contributed by atoms with E-state index in [4.69, 9.17) is 19.7 Å². The van der Waals surface area contributed by atoms with E-state index in [1.54, 1.807) is 39.8 Å². The lowest BCUT2D eigenvalue weighted by molar-refractivity contribution is -0.147. The Morgan fingerprint density at radius 3 is 1.49 bits per heavy atom. The molecule has 5 aromatic rings. The smallest absolute Gasteiger partial charge is 0.394 e. The van der Waals surface area contributed by atoms with Gasteiger partial charge >= 0.3 is 17.8 Å². The number of carboxylic acids is 2. The number of aromatic hydroxyl groups is 2. The van der Waals surface area contributed by atoms with Crippen LogP contribution in [0.5, 0.6) is 34.5 Å². The van der Waals surface area contributed by atoms with Gasteiger partial charge in [0.25, 0.3) is 0 Å². The fourth-order valence-electron chi connectivity index (χ4n) is 5.68. The molecule has 2 amide bonds. The SMILES string of the molecule is Cc1cc(NC(=O)C(=O)O)cc(C)c1Oc1ccc(O)c(S(=O)(=O)C(C)C)c1.Cc1cc(NC(=O)CC(=O)O)cc(C)c1Oc1ccc(O)c(S(=O)(=O)c2ccc(F)cc2)c1. The summed E-state index contributed by atoms with van der Waals surface area (Å²) in [4.78, 5) is 43.5. The molecule has 0 saturated carbocycles. The van der Waals surface area contributed by atoms with E-state index < -0.39 is 71.6 Å². The Morgan fingerprint density at radius 1 is 0.639 bits per heavy atom. The molecule has 0 aliphatic rings. The first-order chi connectivity index (χ1) is 28.4. The predicted octanol–water partition coefficient (Wildman–Crippen LogP) is 7.19. The fraction of sp³-hybridized carbons (Fsp3) is 0.190. The van der Waals surface area contributed by atoms with Crippen molar-refractivity contribution in [3.63, 3.8) is 0 Å². The van der Waals surface area contributed by atoms with E-state index in [9.17, 15) is 50.6 Å². The topological polar surface area (TPSA) is 260 Å². The molecule has 16 nitrogen and oxygen atoms in total. The van der Waals surface area contributed by atoms with Crippen LogP contribution >= 0.6 is 0 Å². The molecule has 0 saturated heterocycles. The van der Waals surface area contributed by atoms with E-state index in [-0.39, 0.29) is 27.0 Å². The molecular formula is C42H41FN2O14S2. The van der Waals surface area contributed by atoms with Crippen LogP contribution in [-0.2, 0) is 38.9 Å². The molecule has 322 valence electrons. The van der Waals surface area contributed by atoms with Crippen LogP contribution in [0.4, 0.5) is 15.8 Å². The summed E-state index contributed by atoms with van der Waals surface area (Å²) in [6.45, 7) is 9.83. The van der Waals surface area contributed by atoms with Crippen molar-refractivity contribution in [3.8, 4) is 34.5 Å². The number of aryl methyl sites for hydroxylation is 4. The van der Waals surface area contributed by atoms with E-state index >= 15 is 0 Å². The summed E-state index contributed by atoms with van der Waals surface area (Å²) < 4.78 is 75.5. The molecule has 6 N–H and O–H groups in total. The van der Waals surface area contributed by atoms with Crippen molar-refractivity contribution in [2.24, 2.45) is 0 Å². The lowest BCUT2D eigenvalue weighted by atomic mass is 10.1. The quantitative estimate of drug-likeness (QED) is 0.0412. The summed E-state index contributed by atoms with van der Waals surface area (Å²) in [5.41, 5.74) is 3.06. The molecule has 0 spiro atoms. The van der Waals surface area contributed by atoms with Crippen molar-refractivity contribution >= 4 is 54.8 Å². The lowest BCUT2D eigenvalue weighted by Crippen LogP contribution is -2.21. The third-order valence-corrected chi connectivity index (χ3v) is 12.6. The number of hydrogen-bond acceptors (Lipinski definition) is 12. The number of ether oxygens (including phenoxy) is 2. The number of carbonyl (C=O) groups is 4. The highest BCUT2D eigenvalue weighted by Gasteiger charge is 2.25. The number of amides is 2. The third-order valence-electron chi connectivity index (χ3n) is 8.61. The first kappa shape index (κ1) is 46.7. The number of hydrogen-bond donors (Lipinski definition) is 6. The number of sulfone groups is 2. The molecule has 0 bridgehead atoms. The van der Waals surface area contributed by atoms with Crippen LogP contribution in [0.15, 0.2) is 99.6 Å². The Bertz CT molecular complexity index is 2710. The van der Waals surface area contributed by atoms with Crippen molar-refractivity contribution in [2.75, 3.05) is 10.6 Å². The van der Waals surface area contributed by atoms with Gasteiger partial charge in [0.15, 0.2) is 9.84 Å². The van der Waals surface area contributed by atoms with Crippen molar-refractivity contribution in [2.45, 2.75) is 67.9 Å². The highest BCUT2D eigenvalue weighted by atomic mass is 32.2. The van der Waals surface area contributed by atoms with Gasteiger partial charge in [-0.05, 0) is 137 Å². The second kappa shape index (κ2) is 18.9. The van der Waals surface area contributed by atoms with Gasteiger partial charge in [0.2, 0.25) is 15.7 Å². The number of benzene rings is 5. The number of rotatable bonds is 12. The van der Waals surface area contributed by atoms with Gasteiger partial charge in [0.1, 0.15) is 56.5 Å². The van der Waals surface area contributed by atoms with Crippen LogP contribution < -0.4 is 20.1 Å². The van der Waals surface area contributed by atoms with Crippen molar-refractivity contribution in [1.29, 1.82) is 0 Å². The van der Waals surface area contributed by atoms with Gasteiger partial charge in [-0.3, -0.25) is 14.4 Å². The maximum Gasteiger partial charge on any atom is 0.394 e. The first-order valence-electron chi connectivity index (χ1n) is 17.9. The largest absolute Gasteiger partial charge is 0.507 e. The Hall–Kier alpha value is -6.99. The molecule has 0 radical (unpaired) electrons. The molecule has 0 aromatic heterocycles. The zero-order valence-corrected chi connectivity index (χ0v) is 35.1. The molecule has 61 heavy (non-hydrogen) atoms. The highest BCUT2D eigenvalue weighted by Crippen LogP contribution is 2.38. The Kier molecular flexibility index (Phi) is 14.5. The molecule has 0 heterocycles. The zero-order valence-electron chi connectivity index (χ0n) is 33.4. The van der Waals surface area contributed by atoms with E-state index in [2.05, 4.69) is 10.6 Å². The summed E-state index contributed by atoms with van der Waals surface area (Å²) in [6.07, 6.45) is -0.671. The van der Waals surface area contributed by atoms with Gasteiger partial charge in [-0.25, -0.2) is 26.0 Å². The number of phenolic OH excluding ortho intramolecular Hbond substituents is 2. The average molecular weight is 881 g/mol. The molecule has 0 aliphatic heterocycles. The van der Waals surface area contributed by atoms with Gasteiger partial charge in [-0.1, -0.05) is 0 Å². The lowest BCUT2D eigenvalue weighted by Gasteiger charge is -2.16. The summed E-state index contributed by atoms with van der Waals surface area (Å²) in [7, 11) is -7.85. The monoisotopic (exact) mass is 880 g/mol. The number of aliphatic carboxylic acids is 2. The van der Waals surface area contributed by atoms with Gasteiger partial charge in [0, 0.05) is 23.5 Å². The maximum absolute atomic E-state index is 13.2. The van der Waals surface area contributed by atoms with Gasteiger partial charge in [0.05, 0.1) is 10.1 Å². The van der Waals surface area contributed by atoms with E-state index in [0.717, 1.165) is 30.3 Å². The Morgan fingerprint density at radius 2 is 1.07 bits per heavy atom. The van der Waals surface area contributed by atoms with Crippen LogP contribution in [0, 0.1) is 33.5 Å². The molecule has 0 fully saturated rings. The van der Waals surface area contributed by atoms with E-state index in [0.29, 0.717) is 45.1 Å². The molecule has 0 atom stereocenters. The number of carbonyl (C=O) groups excluding carboxylic acids is 2. The maximum atomic E-state index is 13.2. The number of halogens is 1. The third kappa shape index (κ3) is 11.6.